The smallest absolute Gasteiger partial charge is 1.00 e. The molecule has 0 aliphatic heterocycles. The molecular formula is C62H42ClF20NaO4. The molecule has 8 rings (SSSR count). The molecule has 26 heteroatoms. The van der Waals surface area contributed by atoms with Gasteiger partial charge in [0.2, 0.25) is 0 Å². The number of aryl methyl sites for hydroxylation is 2. The molecule has 0 fully saturated rings. The van der Waals surface area contributed by atoms with Crippen LogP contribution in [-0.2, 0) is 25.1 Å². The fraction of sp³-hybridized carbons (Fsp3) is 0.161. The van der Waals surface area contributed by atoms with E-state index in [1.165, 1.54) is 30.3 Å². The Bertz CT molecular complexity index is 3690. The molecule has 0 spiro atoms. The van der Waals surface area contributed by atoms with Gasteiger partial charge in [0.15, 0.2) is 34.8 Å². The first-order valence-electron chi connectivity index (χ1n) is 25.1. The minimum absolute atomic E-state index is 0. The third-order valence-electron chi connectivity index (χ3n) is 12.0. The summed E-state index contributed by atoms with van der Waals surface area (Å²) in [6.07, 6.45) is -15.6. The maximum Gasteiger partial charge on any atom is 1.00 e. The van der Waals surface area contributed by atoms with E-state index in [0.717, 1.165) is 48.4 Å². The molecule has 0 radical (unpaired) electrons. The molecule has 0 heterocycles. The molecule has 462 valence electrons. The van der Waals surface area contributed by atoms with E-state index >= 15 is 0 Å². The van der Waals surface area contributed by atoms with Crippen LogP contribution in [-0.4, -0.2) is 17.5 Å². The summed E-state index contributed by atoms with van der Waals surface area (Å²) in [5.41, 5.74) is -0.0438. The molecule has 0 bridgehead atoms. The molecule has 4 nitrogen and oxygen atoms in total. The third kappa shape index (κ3) is 18.9. The summed E-state index contributed by atoms with van der Waals surface area (Å²) >= 11 is 4.59. The number of alkyl halides is 10. The summed E-state index contributed by atoms with van der Waals surface area (Å²) in [6.45, 7) is 4.08. The van der Waals surface area contributed by atoms with Gasteiger partial charge in [-0.05, 0) is 93.7 Å². The zero-order chi connectivity index (χ0) is 64.3. The molecule has 8 aromatic rings. The molecule has 0 aliphatic rings. The van der Waals surface area contributed by atoms with E-state index in [9.17, 15) is 87.8 Å². The monoisotopic (exact) mass is 1290 g/mol. The van der Waals surface area contributed by atoms with Gasteiger partial charge in [0.05, 0.1) is 12.3 Å². The Morgan fingerprint density at radius 3 is 1.02 bits per heavy atom. The van der Waals surface area contributed by atoms with Crippen molar-refractivity contribution >= 4 is 11.6 Å². The molecule has 1 N–H and O–H groups in total. The number of allylic oxidation sites excluding steroid dienone is 2. The Hall–Kier alpha value is -7.67. The van der Waals surface area contributed by atoms with Gasteiger partial charge in [0.1, 0.15) is 57.5 Å². The fourth-order valence-corrected chi connectivity index (χ4v) is 8.28. The molecule has 0 aromatic heterocycles. The molecule has 0 atom stereocenters. The first-order chi connectivity index (χ1) is 40.7. The predicted octanol–water partition coefficient (Wildman–Crippen LogP) is 18.2. The van der Waals surface area contributed by atoms with Gasteiger partial charge in [-0.25, -0.2) is 43.9 Å². The van der Waals surface area contributed by atoms with Crippen LogP contribution in [0.15, 0.2) is 157 Å². The van der Waals surface area contributed by atoms with Crippen LogP contribution >= 0.6 is 11.6 Å². The average Bonchev–Trinajstić information content (AvgIpc) is 3.20. The number of halogens is 21. The summed E-state index contributed by atoms with van der Waals surface area (Å²) in [5, 5.41) is 9.06. The van der Waals surface area contributed by atoms with Crippen molar-refractivity contribution < 1.29 is 138 Å². The Balaban J connectivity index is 0.000000339. The summed E-state index contributed by atoms with van der Waals surface area (Å²) < 4.78 is 285. The number of aromatic hydroxyl groups is 1. The largest absolute Gasteiger partial charge is 1.00 e. The molecule has 0 aliphatic carbocycles. The second-order valence-electron chi connectivity index (χ2n) is 18.4. The molecule has 0 unspecified atom stereocenters. The van der Waals surface area contributed by atoms with Crippen LogP contribution in [0.4, 0.5) is 87.8 Å². The molecule has 0 amide bonds. The van der Waals surface area contributed by atoms with Gasteiger partial charge in [0, 0.05) is 47.0 Å². The minimum atomic E-state index is -4.86. The van der Waals surface area contributed by atoms with E-state index in [2.05, 4.69) is 25.8 Å². The second kappa shape index (κ2) is 30.0. The van der Waals surface area contributed by atoms with Crippen LogP contribution in [0.3, 0.4) is 0 Å². The average molecular weight is 1290 g/mol. The van der Waals surface area contributed by atoms with Crippen molar-refractivity contribution in [3.05, 3.63) is 238 Å². The first kappa shape index (κ1) is 71.1. The van der Waals surface area contributed by atoms with Gasteiger partial charge < -0.3 is 20.7 Å². The number of phenols is 1. The number of phenolic OH excluding ortho intramolecular Hbond substituents is 1. The van der Waals surface area contributed by atoms with Gasteiger partial charge >= 0.3 is 54.1 Å². The first-order valence-corrected chi connectivity index (χ1v) is 25.5. The van der Waals surface area contributed by atoms with Crippen molar-refractivity contribution in [1.29, 1.82) is 0 Å². The minimum Gasteiger partial charge on any atom is -1.00 e. The van der Waals surface area contributed by atoms with Gasteiger partial charge in [-0.15, -0.1) is 0 Å². The van der Waals surface area contributed by atoms with Crippen molar-refractivity contribution in [2.75, 3.05) is 0 Å². The molecule has 0 saturated heterocycles. The third-order valence-corrected chi connectivity index (χ3v) is 12.2. The molecular weight excluding hydrogens is 1250 g/mol. The Morgan fingerprint density at radius 1 is 0.409 bits per heavy atom. The molecule has 0 saturated carbocycles. The summed E-state index contributed by atoms with van der Waals surface area (Å²) in [5.74, 6) is -20.9. The van der Waals surface area contributed by atoms with E-state index in [-0.39, 0.29) is 84.3 Å². The summed E-state index contributed by atoms with van der Waals surface area (Å²) in [4.78, 5) is 0. The fourth-order valence-electron chi connectivity index (χ4n) is 8.13. The second-order valence-corrected chi connectivity index (χ2v) is 18.7. The molecule has 88 heavy (non-hydrogen) atoms. The number of ether oxygens (including phenoxy) is 3. The van der Waals surface area contributed by atoms with Crippen molar-refractivity contribution in [2.45, 2.75) is 64.1 Å². The number of hydrogen-bond acceptors (Lipinski definition) is 4. The van der Waals surface area contributed by atoms with Crippen molar-refractivity contribution in [3.8, 4) is 67.5 Å². The van der Waals surface area contributed by atoms with E-state index in [1.807, 2.05) is 50.2 Å². The molecule has 8 aromatic carbocycles. The van der Waals surface area contributed by atoms with E-state index in [0.29, 0.717) is 46.5 Å². The number of benzene rings is 8. The quantitative estimate of drug-likeness (QED) is 0.0595. The normalized spacial score (nSPS) is 11.9. The van der Waals surface area contributed by atoms with E-state index in [1.54, 1.807) is 12.1 Å². The zero-order valence-corrected chi connectivity index (χ0v) is 48.2. The van der Waals surface area contributed by atoms with Gasteiger partial charge in [-0.2, -0.15) is 43.9 Å². The van der Waals surface area contributed by atoms with Crippen LogP contribution < -0.4 is 43.8 Å². The van der Waals surface area contributed by atoms with Crippen molar-refractivity contribution in [1.82, 2.24) is 0 Å². The zero-order valence-electron chi connectivity index (χ0n) is 46.4. The predicted molar refractivity (Wildman–Crippen MR) is 284 cm³/mol. The maximum atomic E-state index is 15.0. The SMILES string of the molecule is CCCc1ccc(-c2ccc(-c3cc(F)c(C(F)(F)Oc4cc(F)c(O)c(F)c4)c(F)c3)c(F)c2)cc1.CCCc1ccc(-c2ccc(-c3cc(F)c(C(F)(F)Oc4cc(F)c(O/C=C\C(F)(F)F)c(F)c4)c(F)c3)c(F)c2)cc1.FC(F)(F)/C=C\Cl.[H-].[Na+]. The Kier molecular flexibility index (Phi) is 24.3. The van der Waals surface area contributed by atoms with Gasteiger partial charge in [0.25, 0.3) is 0 Å². The Labute approximate surface area is 516 Å². The van der Waals surface area contributed by atoms with Crippen LogP contribution in [0.2, 0.25) is 0 Å². The number of rotatable bonds is 16. The Morgan fingerprint density at radius 2 is 0.727 bits per heavy atom. The van der Waals surface area contributed by atoms with Crippen molar-refractivity contribution in [2.24, 2.45) is 0 Å². The summed E-state index contributed by atoms with van der Waals surface area (Å²) in [7, 11) is 0. The van der Waals surface area contributed by atoms with Crippen LogP contribution in [0.1, 0.15) is 50.4 Å². The van der Waals surface area contributed by atoms with E-state index < -0.39 is 129 Å². The number of hydrogen-bond donors (Lipinski definition) is 1. The maximum absolute atomic E-state index is 15.0. The van der Waals surface area contributed by atoms with E-state index in [4.69, 9.17) is 5.11 Å². The van der Waals surface area contributed by atoms with Crippen LogP contribution in [0.25, 0.3) is 44.5 Å². The summed E-state index contributed by atoms with van der Waals surface area (Å²) in [6, 6.07) is 25.2. The van der Waals surface area contributed by atoms with Crippen LogP contribution in [0.5, 0.6) is 23.0 Å². The van der Waals surface area contributed by atoms with Gasteiger partial charge in [-0.1, -0.05) is 111 Å². The topological polar surface area (TPSA) is 47.9 Å². The van der Waals surface area contributed by atoms with Gasteiger partial charge in [-0.3, -0.25) is 0 Å². The van der Waals surface area contributed by atoms with Crippen LogP contribution in [0, 0.1) is 58.2 Å². The van der Waals surface area contributed by atoms with Crippen molar-refractivity contribution in [3.63, 3.8) is 0 Å². The standard InChI is InChI=1S/C31H20F10O2.C28H19F7O2.C3H2ClF3.Na.H/c1-2-3-17-4-6-18(7-5-17)19-8-9-22(23(32)12-19)20-13-24(33)28(25(34)14-20)31(40,41)43-21-15-26(35)29(27(36)16-21)42-11-10-30(37,38)39;1-2-3-15-4-6-16(7-5-15)17-8-9-20(21(29)10-17)18-11-22(30)26(23(31)12-18)28(34,35)37-19-13-24(32)27(36)25(33)14-19;4-2-1-3(5,6)7;;/h4-16H,2-3H2,1H3;4-14,36H,2-3H2,1H3;1-2H;;/q;;;+1;-1/b11-10-;;2-1-;;.